The van der Waals surface area contributed by atoms with Crippen molar-refractivity contribution in [3.05, 3.63) is 28.4 Å². The Morgan fingerprint density at radius 3 is 2.71 bits per heavy atom. The summed E-state index contributed by atoms with van der Waals surface area (Å²) in [6.45, 7) is 1.29. The molecule has 0 unspecified atom stereocenters. The standard InChI is InChI=1S/C13H17N5O3/c1-16-11(19)9-13(15-16)4-7-17(8-5-13)12-10(18(20)21)3-2-6-14-12/h2-3,6,15H,4-5,7-9H2,1H3. The van der Waals surface area contributed by atoms with Gasteiger partial charge < -0.3 is 4.90 Å². The lowest BCUT2D eigenvalue weighted by molar-refractivity contribution is -0.384. The Balaban J connectivity index is 1.75. The molecule has 3 heterocycles. The summed E-state index contributed by atoms with van der Waals surface area (Å²) in [5, 5.41) is 12.6. The Kier molecular flexibility index (Phi) is 3.25. The number of nitro groups is 1. The molecule has 2 fully saturated rings. The molecule has 2 aliphatic heterocycles. The minimum atomic E-state index is -0.405. The molecule has 0 aromatic carbocycles. The number of aromatic nitrogens is 1. The third kappa shape index (κ3) is 2.42. The van der Waals surface area contributed by atoms with Gasteiger partial charge in [-0.05, 0) is 18.9 Å². The second-order valence-corrected chi connectivity index (χ2v) is 5.61. The zero-order chi connectivity index (χ0) is 15.0. The third-order valence-corrected chi connectivity index (χ3v) is 4.25. The summed E-state index contributed by atoms with van der Waals surface area (Å²) >= 11 is 0. The number of hydrogen-bond donors (Lipinski definition) is 1. The van der Waals surface area contributed by atoms with E-state index in [1.807, 2.05) is 4.90 Å². The zero-order valence-electron chi connectivity index (χ0n) is 11.8. The maximum absolute atomic E-state index is 11.7. The molecule has 0 atom stereocenters. The second kappa shape index (κ2) is 4.96. The van der Waals surface area contributed by atoms with Gasteiger partial charge in [0.15, 0.2) is 0 Å². The van der Waals surface area contributed by atoms with Crippen molar-refractivity contribution < 1.29 is 9.72 Å². The average molecular weight is 291 g/mol. The highest BCUT2D eigenvalue weighted by molar-refractivity contribution is 5.79. The Morgan fingerprint density at radius 1 is 1.43 bits per heavy atom. The lowest BCUT2D eigenvalue weighted by Gasteiger charge is -2.39. The largest absolute Gasteiger partial charge is 0.351 e. The Bertz CT molecular complexity index is 583. The van der Waals surface area contributed by atoms with E-state index in [1.54, 1.807) is 24.3 Å². The minimum absolute atomic E-state index is 0.0287. The number of carbonyl (C=O) groups is 1. The highest BCUT2D eigenvalue weighted by Gasteiger charge is 2.44. The van der Waals surface area contributed by atoms with Gasteiger partial charge in [0, 0.05) is 44.4 Å². The average Bonchev–Trinajstić information content (AvgIpc) is 2.74. The third-order valence-electron chi connectivity index (χ3n) is 4.25. The maximum atomic E-state index is 11.7. The molecular formula is C13H17N5O3. The molecule has 0 radical (unpaired) electrons. The smallest absolute Gasteiger partial charge is 0.311 e. The van der Waals surface area contributed by atoms with Gasteiger partial charge in [-0.15, -0.1) is 0 Å². The van der Waals surface area contributed by atoms with Crippen molar-refractivity contribution in [2.75, 3.05) is 25.0 Å². The van der Waals surface area contributed by atoms with Crippen LogP contribution in [0.25, 0.3) is 0 Å². The van der Waals surface area contributed by atoms with Gasteiger partial charge in [0.05, 0.1) is 4.92 Å². The molecule has 0 aliphatic carbocycles. The first-order chi connectivity index (χ1) is 10.0. The number of hydrogen-bond acceptors (Lipinski definition) is 6. The fourth-order valence-electron chi connectivity index (χ4n) is 3.08. The summed E-state index contributed by atoms with van der Waals surface area (Å²) in [6.07, 6.45) is 3.58. The molecule has 8 heteroatoms. The second-order valence-electron chi connectivity index (χ2n) is 5.61. The van der Waals surface area contributed by atoms with Crippen LogP contribution in [0.15, 0.2) is 18.3 Å². The first kappa shape index (κ1) is 13.7. The van der Waals surface area contributed by atoms with Gasteiger partial charge in [-0.3, -0.25) is 19.9 Å². The number of piperidine rings is 1. The van der Waals surface area contributed by atoms with E-state index in [-0.39, 0.29) is 17.1 Å². The van der Waals surface area contributed by atoms with Crippen molar-refractivity contribution in [3.63, 3.8) is 0 Å². The molecule has 21 heavy (non-hydrogen) atoms. The van der Waals surface area contributed by atoms with Crippen LogP contribution in [0.1, 0.15) is 19.3 Å². The van der Waals surface area contributed by atoms with Gasteiger partial charge in [0.1, 0.15) is 0 Å². The van der Waals surface area contributed by atoms with Gasteiger partial charge >= 0.3 is 5.69 Å². The molecule has 0 saturated carbocycles. The summed E-state index contributed by atoms with van der Waals surface area (Å²) in [5.74, 6) is 0.502. The van der Waals surface area contributed by atoms with Crippen LogP contribution in [-0.2, 0) is 4.79 Å². The first-order valence-electron chi connectivity index (χ1n) is 6.89. The van der Waals surface area contributed by atoms with E-state index >= 15 is 0 Å². The Hall–Kier alpha value is -2.22. The van der Waals surface area contributed by atoms with Crippen LogP contribution in [0, 0.1) is 10.1 Å². The highest BCUT2D eigenvalue weighted by Crippen LogP contribution is 2.34. The number of nitrogens with one attached hydrogen (secondary N) is 1. The summed E-state index contributed by atoms with van der Waals surface area (Å²) in [6, 6.07) is 3.04. The normalized spacial score (nSPS) is 21.1. The van der Waals surface area contributed by atoms with Crippen LogP contribution in [0.2, 0.25) is 0 Å². The summed E-state index contributed by atoms with van der Waals surface area (Å²) in [7, 11) is 1.73. The van der Waals surface area contributed by atoms with Crippen LogP contribution < -0.4 is 10.3 Å². The van der Waals surface area contributed by atoms with E-state index in [2.05, 4.69) is 10.4 Å². The molecule has 8 nitrogen and oxygen atoms in total. The van der Waals surface area contributed by atoms with E-state index < -0.39 is 4.92 Å². The predicted molar refractivity (Wildman–Crippen MR) is 75.6 cm³/mol. The number of carbonyl (C=O) groups excluding carboxylic acids is 1. The molecule has 1 N–H and O–H groups in total. The lowest BCUT2D eigenvalue weighted by atomic mass is 9.86. The highest BCUT2D eigenvalue weighted by atomic mass is 16.6. The van der Waals surface area contributed by atoms with Crippen molar-refractivity contribution in [1.29, 1.82) is 0 Å². The van der Waals surface area contributed by atoms with Gasteiger partial charge in [-0.25, -0.2) is 10.4 Å². The monoisotopic (exact) mass is 291 g/mol. The van der Waals surface area contributed by atoms with Crippen LogP contribution in [0.5, 0.6) is 0 Å². The van der Waals surface area contributed by atoms with Gasteiger partial charge in [0.25, 0.3) is 0 Å². The molecular weight excluding hydrogens is 274 g/mol. The molecule has 2 saturated heterocycles. The number of amides is 1. The molecule has 112 valence electrons. The number of rotatable bonds is 2. The quantitative estimate of drug-likeness (QED) is 0.637. The lowest BCUT2D eigenvalue weighted by Crippen LogP contribution is -2.52. The number of anilines is 1. The van der Waals surface area contributed by atoms with E-state index in [4.69, 9.17) is 0 Å². The van der Waals surface area contributed by atoms with Crippen LogP contribution in [0.4, 0.5) is 11.5 Å². The number of pyridine rings is 1. The van der Waals surface area contributed by atoms with Gasteiger partial charge in [0.2, 0.25) is 11.7 Å². The molecule has 1 aromatic heterocycles. The summed E-state index contributed by atoms with van der Waals surface area (Å²) in [5.41, 5.74) is 3.06. The molecule has 2 aliphatic rings. The summed E-state index contributed by atoms with van der Waals surface area (Å²) < 4.78 is 0. The number of nitrogens with zero attached hydrogens (tertiary/aromatic N) is 4. The van der Waals surface area contributed by atoms with Gasteiger partial charge in [-0.1, -0.05) is 0 Å². The topological polar surface area (TPSA) is 91.6 Å². The molecule has 1 amide bonds. The molecule has 0 bridgehead atoms. The Morgan fingerprint density at radius 2 is 2.14 bits per heavy atom. The van der Waals surface area contributed by atoms with E-state index in [1.165, 1.54) is 6.07 Å². The van der Waals surface area contributed by atoms with Crippen LogP contribution in [0.3, 0.4) is 0 Å². The molecule has 3 rings (SSSR count). The SMILES string of the molecule is CN1NC2(CCN(c3ncccc3[N+](=O)[O-])CC2)CC1=O. The Labute approximate surface area is 121 Å². The maximum Gasteiger partial charge on any atom is 0.311 e. The van der Waals surface area contributed by atoms with Crippen LogP contribution >= 0.6 is 0 Å². The molecule has 1 aromatic rings. The fourth-order valence-corrected chi connectivity index (χ4v) is 3.08. The number of hydrazine groups is 1. The minimum Gasteiger partial charge on any atom is -0.351 e. The van der Waals surface area contributed by atoms with Crippen molar-refractivity contribution >= 4 is 17.4 Å². The van der Waals surface area contributed by atoms with E-state index in [0.717, 1.165) is 12.8 Å². The fraction of sp³-hybridized carbons (Fsp3) is 0.538. The van der Waals surface area contributed by atoms with Crippen molar-refractivity contribution in [2.24, 2.45) is 0 Å². The zero-order valence-corrected chi connectivity index (χ0v) is 11.8. The van der Waals surface area contributed by atoms with Crippen molar-refractivity contribution in [3.8, 4) is 0 Å². The first-order valence-corrected chi connectivity index (χ1v) is 6.89. The van der Waals surface area contributed by atoms with Crippen LogP contribution in [-0.4, -0.2) is 46.5 Å². The summed E-state index contributed by atoms with van der Waals surface area (Å²) in [4.78, 5) is 28.4. The van der Waals surface area contributed by atoms with Crippen molar-refractivity contribution in [1.82, 2.24) is 15.4 Å². The van der Waals surface area contributed by atoms with E-state index in [9.17, 15) is 14.9 Å². The van der Waals surface area contributed by atoms with E-state index in [0.29, 0.717) is 25.3 Å². The molecule has 1 spiro atoms. The predicted octanol–water partition coefficient (Wildman–Crippen LogP) is 0.695. The van der Waals surface area contributed by atoms with Gasteiger partial charge in [-0.2, -0.15) is 0 Å². The van der Waals surface area contributed by atoms with Crippen molar-refractivity contribution in [2.45, 2.75) is 24.8 Å².